The highest BCUT2D eigenvalue weighted by Crippen LogP contribution is 2.14. The molecule has 1 aliphatic rings. The van der Waals surface area contributed by atoms with E-state index < -0.39 is 18.0 Å². The number of carboxylic acids is 1. The molecule has 0 aliphatic carbocycles. The maximum absolute atomic E-state index is 11.8. The van der Waals surface area contributed by atoms with Gasteiger partial charge in [0.2, 0.25) is 0 Å². The van der Waals surface area contributed by atoms with Gasteiger partial charge < -0.3 is 25.2 Å². The summed E-state index contributed by atoms with van der Waals surface area (Å²) in [5, 5.41) is 20.0. The van der Waals surface area contributed by atoms with Crippen LogP contribution in [-0.2, 0) is 9.53 Å². The molecule has 7 heteroatoms. The Balaban J connectivity index is 2.39. The predicted molar refractivity (Wildman–Crippen MR) is 67.8 cm³/mol. The third-order valence-corrected chi connectivity index (χ3v) is 3.15. The molecule has 110 valence electrons. The van der Waals surface area contributed by atoms with Gasteiger partial charge in [-0.2, -0.15) is 0 Å². The highest BCUT2D eigenvalue weighted by molar-refractivity contribution is 5.82. The summed E-state index contributed by atoms with van der Waals surface area (Å²) in [5.74, 6) is -0.845. The summed E-state index contributed by atoms with van der Waals surface area (Å²) in [4.78, 5) is 24.2. The van der Waals surface area contributed by atoms with Gasteiger partial charge in [0.15, 0.2) is 0 Å². The van der Waals surface area contributed by atoms with Crippen LogP contribution < -0.4 is 5.32 Å². The molecule has 1 fully saturated rings. The van der Waals surface area contributed by atoms with Crippen LogP contribution in [0.3, 0.4) is 0 Å². The van der Waals surface area contributed by atoms with Crippen molar-refractivity contribution in [2.24, 2.45) is 5.92 Å². The minimum absolute atomic E-state index is 0.00144. The van der Waals surface area contributed by atoms with Gasteiger partial charge in [0.05, 0.1) is 6.61 Å². The van der Waals surface area contributed by atoms with Gasteiger partial charge in [-0.25, -0.2) is 9.59 Å². The maximum Gasteiger partial charge on any atom is 0.326 e. The average molecular weight is 274 g/mol. The van der Waals surface area contributed by atoms with E-state index in [1.807, 2.05) is 0 Å². The molecule has 0 saturated carbocycles. The molecule has 2 atom stereocenters. The summed E-state index contributed by atoms with van der Waals surface area (Å²) in [7, 11) is 1.63. The van der Waals surface area contributed by atoms with Gasteiger partial charge in [0, 0.05) is 39.1 Å². The van der Waals surface area contributed by atoms with E-state index in [1.165, 1.54) is 4.90 Å². The predicted octanol–water partition coefficient (Wildman–Crippen LogP) is -0.110. The smallest absolute Gasteiger partial charge is 0.326 e. The topological polar surface area (TPSA) is 99.1 Å². The Hall–Kier alpha value is -1.34. The summed E-state index contributed by atoms with van der Waals surface area (Å²) < 4.78 is 5.34. The standard InChI is InChI=1S/C12H22N2O5/c1-14(7-9-3-2-6-19-8-9)12(18)13-10(4-5-15)11(16)17/h9-10,15H,2-8H2,1H3,(H,13,18)(H,16,17). The van der Waals surface area contributed by atoms with Gasteiger partial charge in [-0.3, -0.25) is 0 Å². The number of rotatable bonds is 6. The number of aliphatic hydroxyl groups is 1. The normalized spacial score (nSPS) is 20.6. The van der Waals surface area contributed by atoms with Crippen molar-refractivity contribution in [2.45, 2.75) is 25.3 Å². The zero-order valence-electron chi connectivity index (χ0n) is 11.2. The Morgan fingerprint density at radius 3 is 2.79 bits per heavy atom. The fourth-order valence-electron chi connectivity index (χ4n) is 2.07. The van der Waals surface area contributed by atoms with Gasteiger partial charge in [-0.1, -0.05) is 0 Å². The molecule has 2 amide bonds. The number of carbonyl (C=O) groups is 2. The molecule has 1 heterocycles. The molecule has 1 saturated heterocycles. The largest absolute Gasteiger partial charge is 0.480 e. The molecular formula is C12H22N2O5. The molecule has 7 nitrogen and oxygen atoms in total. The number of aliphatic hydroxyl groups excluding tert-OH is 1. The fourth-order valence-corrected chi connectivity index (χ4v) is 2.07. The van der Waals surface area contributed by atoms with Crippen molar-refractivity contribution < 1.29 is 24.5 Å². The van der Waals surface area contributed by atoms with Crippen molar-refractivity contribution >= 4 is 12.0 Å². The first-order chi connectivity index (χ1) is 9.04. The van der Waals surface area contributed by atoms with Crippen LogP contribution in [0.5, 0.6) is 0 Å². The number of urea groups is 1. The van der Waals surface area contributed by atoms with Crippen LogP contribution in [0.15, 0.2) is 0 Å². The molecule has 0 aromatic rings. The second-order valence-electron chi connectivity index (χ2n) is 4.82. The molecule has 0 radical (unpaired) electrons. The van der Waals surface area contributed by atoms with Crippen LogP contribution in [0, 0.1) is 5.92 Å². The second-order valence-corrected chi connectivity index (χ2v) is 4.82. The van der Waals surface area contributed by atoms with E-state index in [1.54, 1.807) is 7.05 Å². The minimum Gasteiger partial charge on any atom is -0.480 e. The van der Waals surface area contributed by atoms with E-state index in [9.17, 15) is 9.59 Å². The lowest BCUT2D eigenvalue weighted by molar-refractivity contribution is -0.139. The third kappa shape index (κ3) is 5.44. The summed E-state index contributed by atoms with van der Waals surface area (Å²) in [5.41, 5.74) is 0. The Morgan fingerprint density at radius 1 is 1.53 bits per heavy atom. The van der Waals surface area contributed by atoms with Gasteiger partial charge in [-0.05, 0) is 12.8 Å². The summed E-state index contributed by atoms with van der Waals surface area (Å²) in [6, 6.07) is -1.49. The quantitative estimate of drug-likeness (QED) is 0.627. The van der Waals surface area contributed by atoms with Gasteiger partial charge in [-0.15, -0.1) is 0 Å². The SMILES string of the molecule is CN(CC1CCCOC1)C(=O)NC(CCO)C(=O)O. The number of nitrogens with one attached hydrogen (secondary N) is 1. The van der Waals surface area contributed by atoms with Gasteiger partial charge >= 0.3 is 12.0 Å². The highest BCUT2D eigenvalue weighted by Gasteiger charge is 2.23. The summed E-state index contributed by atoms with van der Waals surface area (Å²) >= 11 is 0. The molecule has 1 rings (SSSR count). The van der Waals surface area contributed by atoms with Gasteiger partial charge in [0.25, 0.3) is 0 Å². The van der Waals surface area contributed by atoms with Crippen molar-refractivity contribution in [3.63, 3.8) is 0 Å². The molecule has 0 aromatic carbocycles. The first-order valence-corrected chi connectivity index (χ1v) is 6.47. The number of aliphatic carboxylic acids is 1. The Labute approximate surface area is 112 Å². The van der Waals surface area contributed by atoms with Crippen LogP contribution in [0.25, 0.3) is 0 Å². The lowest BCUT2D eigenvalue weighted by atomic mass is 10.0. The monoisotopic (exact) mass is 274 g/mol. The van der Waals surface area contributed by atoms with Gasteiger partial charge in [0.1, 0.15) is 6.04 Å². The van der Waals surface area contributed by atoms with Crippen molar-refractivity contribution in [1.82, 2.24) is 10.2 Å². The van der Waals surface area contributed by atoms with E-state index in [0.29, 0.717) is 19.1 Å². The fraction of sp³-hybridized carbons (Fsp3) is 0.833. The summed E-state index contributed by atoms with van der Waals surface area (Å²) in [6.45, 7) is 1.66. The lowest BCUT2D eigenvalue weighted by Gasteiger charge is -2.28. The number of hydrogen-bond donors (Lipinski definition) is 3. The number of amides is 2. The van der Waals surface area contributed by atoms with Crippen LogP contribution >= 0.6 is 0 Å². The van der Waals surface area contributed by atoms with Crippen molar-refractivity contribution in [2.75, 3.05) is 33.4 Å². The maximum atomic E-state index is 11.8. The Kier molecular flexibility index (Phi) is 6.58. The number of carboxylic acid groups (broad SMARTS) is 1. The average Bonchev–Trinajstić information content (AvgIpc) is 2.39. The summed E-state index contributed by atoms with van der Waals surface area (Å²) in [6.07, 6.45) is 2.00. The number of ether oxygens (including phenoxy) is 1. The zero-order valence-corrected chi connectivity index (χ0v) is 11.2. The molecule has 0 bridgehead atoms. The number of hydrogen-bond acceptors (Lipinski definition) is 4. The zero-order chi connectivity index (χ0) is 14.3. The molecule has 3 N–H and O–H groups in total. The first-order valence-electron chi connectivity index (χ1n) is 6.47. The second kappa shape index (κ2) is 7.96. The van der Waals surface area contributed by atoms with Crippen LogP contribution in [0.4, 0.5) is 4.79 Å². The molecule has 2 unspecified atom stereocenters. The first kappa shape index (κ1) is 15.7. The molecule has 19 heavy (non-hydrogen) atoms. The van der Waals surface area contributed by atoms with E-state index in [0.717, 1.165) is 19.4 Å². The number of carbonyl (C=O) groups excluding carboxylic acids is 1. The van der Waals surface area contributed by atoms with Crippen LogP contribution in [0.1, 0.15) is 19.3 Å². The highest BCUT2D eigenvalue weighted by atomic mass is 16.5. The van der Waals surface area contributed by atoms with Crippen LogP contribution in [0.2, 0.25) is 0 Å². The Morgan fingerprint density at radius 2 is 2.26 bits per heavy atom. The van der Waals surface area contributed by atoms with E-state index in [-0.39, 0.29) is 13.0 Å². The molecule has 1 aliphatic heterocycles. The van der Waals surface area contributed by atoms with Crippen LogP contribution in [-0.4, -0.2) is 66.6 Å². The van der Waals surface area contributed by atoms with E-state index >= 15 is 0 Å². The minimum atomic E-state index is -1.14. The molecule has 0 spiro atoms. The third-order valence-electron chi connectivity index (χ3n) is 3.15. The van der Waals surface area contributed by atoms with Crippen molar-refractivity contribution in [1.29, 1.82) is 0 Å². The van der Waals surface area contributed by atoms with Crippen molar-refractivity contribution in [3.8, 4) is 0 Å². The molecule has 0 aromatic heterocycles. The number of nitrogens with zero attached hydrogens (tertiary/aromatic N) is 1. The van der Waals surface area contributed by atoms with E-state index in [4.69, 9.17) is 14.9 Å². The lowest BCUT2D eigenvalue weighted by Crippen LogP contribution is -2.48. The van der Waals surface area contributed by atoms with E-state index in [2.05, 4.69) is 5.32 Å². The molecular weight excluding hydrogens is 252 g/mol. The van der Waals surface area contributed by atoms with Crippen molar-refractivity contribution in [3.05, 3.63) is 0 Å². The Bertz CT molecular complexity index is 304.